The second-order valence-electron chi connectivity index (χ2n) is 6.69. The van der Waals surface area contributed by atoms with Crippen molar-refractivity contribution in [1.29, 1.82) is 0 Å². The average Bonchev–Trinajstić information content (AvgIpc) is 3.28. The van der Waals surface area contributed by atoms with Gasteiger partial charge in [0.1, 0.15) is 11.6 Å². The average molecular weight is 416 g/mol. The molecular formula is C16H17F5N8. The molecule has 29 heavy (non-hydrogen) atoms. The van der Waals surface area contributed by atoms with Gasteiger partial charge in [0.05, 0.1) is 6.54 Å². The number of nitrogens with zero attached hydrogens (tertiary/aromatic N) is 8. The molecule has 0 amide bonds. The number of hydrogen-bond donors (Lipinski definition) is 0. The van der Waals surface area contributed by atoms with E-state index in [-0.39, 0.29) is 18.1 Å². The third kappa shape index (κ3) is 3.86. The molecule has 0 spiro atoms. The molecule has 1 aliphatic heterocycles. The fraction of sp³-hybridized carbons (Fsp3) is 0.500. The molecule has 0 atom stereocenters. The van der Waals surface area contributed by atoms with Crippen LogP contribution in [0.25, 0.3) is 5.78 Å². The molecule has 0 unspecified atom stereocenters. The van der Waals surface area contributed by atoms with Gasteiger partial charge in [0, 0.05) is 50.3 Å². The maximum atomic E-state index is 13.0. The highest BCUT2D eigenvalue weighted by Crippen LogP contribution is 2.28. The first-order valence-electron chi connectivity index (χ1n) is 8.81. The third-order valence-corrected chi connectivity index (χ3v) is 4.70. The Bertz CT molecular complexity index is 1000. The molecule has 3 aromatic heterocycles. The minimum absolute atomic E-state index is 0.117. The highest BCUT2D eigenvalue weighted by atomic mass is 19.4. The fourth-order valence-electron chi connectivity index (χ4n) is 3.29. The molecule has 0 bridgehead atoms. The molecule has 0 aliphatic carbocycles. The van der Waals surface area contributed by atoms with Gasteiger partial charge >= 0.3 is 12.7 Å². The Morgan fingerprint density at radius 1 is 1.10 bits per heavy atom. The van der Waals surface area contributed by atoms with Gasteiger partial charge in [-0.25, -0.2) is 9.97 Å². The largest absolute Gasteiger partial charge is 0.453 e. The zero-order valence-electron chi connectivity index (χ0n) is 15.3. The molecule has 3 aromatic rings. The van der Waals surface area contributed by atoms with Crippen LogP contribution in [0.2, 0.25) is 0 Å². The zero-order chi connectivity index (χ0) is 20.8. The van der Waals surface area contributed by atoms with Crippen LogP contribution in [0.5, 0.6) is 0 Å². The lowest BCUT2D eigenvalue weighted by Gasteiger charge is -2.35. The summed E-state index contributed by atoms with van der Waals surface area (Å²) in [6.07, 6.45) is -2.10. The van der Waals surface area contributed by atoms with Gasteiger partial charge in [0.15, 0.2) is 0 Å². The number of fused-ring (bicyclic) bond motifs is 1. The fourth-order valence-corrected chi connectivity index (χ4v) is 3.29. The molecule has 4 rings (SSSR count). The quantitative estimate of drug-likeness (QED) is 0.609. The van der Waals surface area contributed by atoms with E-state index in [1.807, 2.05) is 9.80 Å². The first-order valence-corrected chi connectivity index (χ1v) is 8.81. The summed E-state index contributed by atoms with van der Waals surface area (Å²) in [6, 6.07) is 1.65. The Morgan fingerprint density at radius 3 is 2.48 bits per heavy atom. The van der Waals surface area contributed by atoms with E-state index in [0.29, 0.717) is 37.7 Å². The van der Waals surface area contributed by atoms with Gasteiger partial charge < -0.3 is 4.90 Å². The first-order chi connectivity index (χ1) is 13.7. The van der Waals surface area contributed by atoms with Crippen molar-refractivity contribution in [2.24, 2.45) is 0 Å². The summed E-state index contributed by atoms with van der Waals surface area (Å²) in [4.78, 5) is 15.3. The van der Waals surface area contributed by atoms with Crippen LogP contribution in [0.4, 0.5) is 27.8 Å². The summed E-state index contributed by atoms with van der Waals surface area (Å²) in [5, 5.41) is 3.58. The van der Waals surface area contributed by atoms with E-state index >= 15 is 0 Å². The molecule has 0 radical (unpaired) electrons. The minimum Gasteiger partial charge on any atom is -0.354 e. The number of halogens is 5. The number of aryl methyl sites for hydroxylation is 1. The van der Waals surface area contributed by atoms with Crippen molar-refractivity contribution in [3.8, 4) is 0 Å². The van der Waals surface area contributed by atoms with Gasteiger partial charge in [-0.2, -0.15) is 31.5 Å². The van der Waals surface area contributed by atoms with Crippen LogP contribution in [-0.4, -0.2) is 60.2 Å². The maximum absolute atomic E-state index is 13.0. The van der Waals surface area contributed by atoms with E-state index in [1.165, 1.54) is 12.4 Å². The Morgan fingerprint density at radius 2 is 1.83 bits per heavy atom. The van der Waals surface area contributed by atoms with Gasteiger partial charge in [-0.1, -0.05) is 0 Å². The Kier molecular flexibility index (Phi) is 4.84. The normalized spacial score (nSPS) is 16.3. The monoisotopic (exact) mass is 416 g/mol. The number of alkyl halides is 5. The molecule has 0 N–H and O–H groups in total. The molecule has 4 heterocycles. The van der Waals surface area contributed by atoms with Crippen molar-refractivity contribution in [2.75, 3.05) is 31.1 Å². The molecule has 156 valence electrons. The van der Waals surface area contributed by atoms with Gasteiger partial charge in [0.2, 0.25) is 0 Å². The lowest BCUT2D eigenvalue weighted by atomic mass is 10.3. The lowest BCUT2D eigenvalue weighted by molar-refractivity contribution is -0.144. The maximum Gasteiger partial charge on any atom is 0.453 e. The SMILES string of the molecule is Cc1cc(N2CCN(Cc3nccn3C(F)F)CC2)n2nc(C(F)(F)F)nc2n1. The topological polar surface area (TPSA) is 67.4 Å². The van der Waals surface area contributed by atoms with Crippen molar-refractivity contribution in [2.45, 2.75) is 26.2 Å². The molecule has 1 fully saturated rings. The van der Waals surface area contributed by atoms with Crippen molar-refractivity contribution >= 4 is 11.6 Å². The van der Waals surface area contributed by atoms with E-state index in [2.05, 4.69) is 20.1 Å². The Labute approximate surface area is 161 Å². The number of piperazine rings is 1. The minimum atomic E-state index is -4.66. The number of anilines is 1. The number of hydrogen-bond acceptors (Lipinski definition) is 6. The molecular weight excluding hydrogens is 399 g/mol. The van der Waals surface area contributed by atoms with Crippen molar-refractivity contribution < 1.29 is 22.0 Å². The summed E-state index contributed by atoms with van der Waals surface area (Å²) < 4.78 is 66.8. The molecule has 8 nitrogen and oxygen atoms in total. The second kappa shape index (κ2) is 7.21. The summed E-state index contributed by atoms with van der Waals surface area (Å²) in [7, 11) is 0. The van der Waals surface area contributed by atoms with E-state index in [1.54, 1.807) is 13.0 Å². The molecule has 13 heteroatoms. The van der Waals surface area contributed by atoms with Crippen LogP contribution in [0.15, 0.2) is 18.5 Å². The van der Waals surface area contributed by atoms with Gasteiger partial charge in [-0.3, -0.25) is 9.47 Å². The molecule has 0 saturated carbocycles. The van der Waals surface area contributed by atoms with Gasteiger partial charge in [0.25, 0.3) is 11.6 Å². The number of imidazole rings is 1. The van der Waals surface area contributed by atoms with Crippen molar-refractivity contribution in [3.63, 3.8) is 0 Å². The van der Waals surface area contributed by atoms with E-state index in [0.717, 1.165) is 9.08 Å². The van der Waals surface area contributed by atoms with E-state index in [9.17, 15) is 22.0 Å². The highest BCUT2D eigenvalue weighted by Gasteiger charge is 2.37. The summed E-state index contributed by atoms with van der Waals surface area (Å²) in [6.45, 7) is 1.30. The molecule has 1 aliphatic rings. The molecule has 1 saturated heterocycles. The van der Waals surface area contributed by atoms with Crippen LogP contribution >= 0.6 is 0 Å². The smallest absolute Gasteiger partial charge is 0.354 e. The van der Waals surface area contributed by atoms with E-state index in [4.69, 9.17) is 0 Å². The summed E-state index contributed by atoms with van der Waals surface area (Å²) >= 11 is 0. The number of aromatic nitrogens is 6. The molecule has 0 aromatic carbocycles. The van der Waals surface area contributed by atoms with Crippen LogP contribution in [0, 0.1) is 6.92 Å². The van der Waals surface area contributed by atoms with Crippen LogP contribution in [0.1, 0.15) is 23.9 Å². The second-order valence-corrected chi connectivity index (χ2v) is 6.69. The Hall–Kier alpha value is -2.83. The standard InChI is InChI=1S/C16H17F5N8/c1-10-8-12(29-15(23-10)24-13(25-29)16(19,20)21)27-6-4-26(5-7-27)9-11-22-2-3-28(11)14(17)18/h2-3,8,14H,4-7,9H2,1H3. The first kappa shape index (κ1) is 19.5. The number of rotatable bonds is 4. The highest BCUT2D eigenvalue weighted by molar-refractivity contribution is 5.48. The Balaban J connectivity index is 1.52. The summed E-state index contributed by atoms with van der Waals surface area (Å²) in [5.74, 6) is -0.631. The lowest BCUT2D eigenvalue weighted by Crippen LogP contribution is -2.47. The predicted molar refractivity (Wildman–Crippen MR) is 91.5 cm³/mol. The van der Waals surface area contributed by atoms with Crippen LogP contribution < -0.4 is 4.90 Å². The van der Waals surface area contributed by atoms with E-state index < -0.39 is 18.6 Å². The van der Waals surface area contributed by atoms with Crippen molar-refractivity contribution in [1.82, 2.24) is 34.0 Å². The third-order valence-electron chi connectivity index (χ3n) is 4.70. The summed E-state index contributed by atoms with van der Waals surface area (Å²) in [5.41, 5.74) is 0.523. The van der Waals surface area contributed by atoms with Crippen LogP contribution in [-0.2, 0) is 12.7 Å². The van der Waals surface area contributed by atoms with Gasteiger partial charge in [-0.05, 0) is 6.92 Å². The van der Waals surface area contributed by atoms with Crippen LogP contribution in [0.3, 0.4) is 0 Å². The van der Waals surface area contributed by atoms with Crippen molar-refractivity contribution in [3.05, 3.63) is 35.8 Å². The van der Waals surface area contributed by atoms with Gasteiger partial charge in [-0.15, -0.1) is 5.10 Å². The zero-order valence-corrected chi connectivity index (χ0v) is 15.3. The predicted octanol–water partition coefficient (Wildman–Crippen LogP) is 2.37.